The molecule has 0 saturated carbocycles. The molecular formula is C15H19N5O2S. The lowest BCUT2D eigenvalue weighted by molar-refractivity contribution is 0.578. The van der Waals surface area contributed by atoms with Crippen molar-refractivity contribution in [2.24, 2.45) is 7.05 Å². The summed E-state index contributed by atoms with van der Waals surface area (Å²) < 4.78 is 28.8. The standard InChI is InChI=1S/C15H19N5O2S/c1-19(2)15-17-9-14(20(15)3)10-18-23(21,22)11-13-6-4-5-12(7-13)8-16/h4-7,9,18H,10-11H2,1-3H3. The molecule has 122 valence electrons. The fourth-order valence-electron chi connectivity index (χ4n) is 2.20. The Labute approximate surface area is 136 Å². The number of nitrogens with zero attached hydrogens (tertiary/aromatic N) is 4. The van der Waals surface area contributed by atoms with Gasteiger partial charge in [0.25, 0.3) is 0 Å². The Morgan fingerprint density at radius 2 is 2.13 bits per heavy atom. The van der Waals surface area contributed by atoms with Crippen LogP contribution >= 0.6 is 0 Å². The molecule has 0 radical (unpaired) electrons. The van der Waals surface area contributed by atoms with Crippen LogP contribution in [-0.4, -0.2) is 32.1 Å². The van der Waals surface area contributed by atoms with Crippen LogP contribution in [0.1, 0.15) is 16.8 Å². The van der Waals surface area contributed by atoms with E-state index < -0.39 is 10.0 Å². The summed E-state index contributed by atoms with van der Waals surface area (Å²) in [4.78, 5) is 6.09. The highest BCUT2D eigenvalue weighted by atomic mass is 32.2. The van der Waals surface area contributed by atoms with E-state index in [4.69, 9.17) is 5.26 Å². The molecule has 0 unspecified atom stereocenters. The van der Waals surface area contributed by atoms with Crippen molar-refractivity contribution in [2.75, 3.05) is 19.0 Å². The van der Waals surface area contributed by atoms with Crippen molar-refractivity contribution >= 4 is 16.0 Å². The van der Waals surface area contributed by atoms with E-state index in [1.807, 2.05) is 36.7 Å². The van der Waals surface area contributed by atoms with Crippen molar-refractivity contribution in [1.82, 2.24) is 14.3 Å². The molecule has 0 atom stereocenters. The van der Waals surface area contributed by atoms with Crippen LogP contribution in [0.15, 0.2) is 30.5 Å². The lowest BCUT2D eigenvalue weighted by atomic mass is 10.2. The molecule has 8 heteroatoms. The summed E-state index contributed by atoms with van der Waals surface area (Å²) in [5.74, 6) is 0.585. The molecule has 0 saturated heterocycles. The quantitative estimate of drug-likeness (QED) is 0.851. The first-order chi connectivity index (χ1) is 10.8. The zero-order valence-corrected chi connectivity index (χ0v) is 14.1. The molecular weight excluding hydrogens is 314 g/mol. The molecule has 7 nitrogen and oxygen atoms in total. The van der Waals surface area contributed by atoms with E-state index in [1.165, 1.54) is 0 Å². The van der Waals surface area contributed by atoms with Gasteiger partial charge in [0.15, 0.2) is 0 Å². The maximum Gasteiger partial charge on any atom is 0.216 e. The van der Waals surface area contributed by atoms with E-state index in [1.54, 1.807) is 30.5 Å². The van der Waals surface area contributed by atoms with Crippen LogP contribution in [-0.2, 0) is 29.4 Å². The highest BCUT2D eigenvalue weighted by Gasteiger charge is 2.14. The zero-order chi connectivity index (χ0) is 17.0. The van der Waals surface area contributed by atoms with Gasteiger partial charge in [-0.3, -0.25) is 0 Å². The fourth-order valence-corrected chi connectivity index (χ4v) is 3.29. The van der Waals surface area contributed by atoms with Crippen LogP contribution in [0, 0.1) is 11.3 Å². The Kier molecular flexibility index (Phi) is 5.03. The van der Waals surface area contributed by atoms with Gasteiger partial charge in [0.2, 0.25) is 16.0 Å². The second-order valence-electron chi connectivity index (χ2n) is 5.40. The molecule has 0 fully saturated rings. The highest BCUT2D eigenvalue weighted by molar-refractivity contribution is 7.88. The van der Waals surface area contributed by atoms with E-state index in [9.17, 15) is 8.42 Å². The Balaban J connectivity index is 2.06. The van der Waals surface area contributed by atoms with Gasteiger partial charge in [0.1, 0.15) is 0 Å². The van der Waals surface area contributed by atoms with Crippen LogP contribution in [0.25, 0.3) is 0 Å². The minimum Gasteiger partial charge on any atom is -0.348 e. The molecule has 2 rings (SSSR count). The molecule has 0 aliphatic carbocycles. The number of rotatable bonds is 6. The van der Waals surface area contributed by atoms with Crippen molar-refractivity contribution < 1.29 is 8.42 Å². The van der Waals surface area contributed by atoms with Gasteiger partial charge in [-0.1, -0.05) is 12.1 Å². The van der Waals surface area contributed by atoms with Gasteiger partial charge in [0.05, 0.1) is 35.8 Å². The number of hydrogen-bond donors (Lipinski definition) is 1. The van der Waals surface area contributed by atoms with Gasteiger partial charge < -0.3 is 9.47 Å². The Morgan fingerprint density at radius 3 is 2.74 bits per heavy atom. The molecule has 0 amide bonds. The predicted molar refractivity (Wildman–Crippen MR) is 88.2 cm³/mol. The maximum atomic E-state index is 12.2. The molecule has 1 N–H and O–H groups in total. The summed E-state index contributed by atoms with van der Waals surface area (Å²) in [7, 11) is 2.08. The normalized spacial score (nSPS) is 11.2. The molecule has 2 aromatic rings. The van der Waals surface area contributed by atoms with E-state index in [0.29, 0.717) is 11.1 Å². The first-order valence-electron chi connectivity index (χ1n) is 6.96. The van der Waals surface area contributed by atoms with Crippen molar-refractivity contribution in [3.8, 4) is 6.07 Å². The lowest BCUT2D eigenvalue weighted by Gasteiger charge is -2.13. The number of sulfonamides is 1. The molecule has 23 heavy (non-hydrogen) atoms. The SMILES string of the molecule is CN(C)c1ncc(CNS(=O)(=O)Cc2cccc(C#N)c2)n1C. The van der Waals surface area contributed by atoms with Crippen LogP contribution in [0.2, 0.25) is 0 Å². The first-order valence-corrected chi connectivity index (χ1v) is 8.62. The number of nitrogens with one attached hydrogen (secondary N) is 1. The maximum absolute atomic E-state index is 12.2. The van der Waals surface area contributed by atoms with Crippen LogP contribution in [0.5, 0.6) is 0 Å². The van der Waals surface area contributed by atoms with Crippen molar-refractivity contribution in [1.29, 1.82) is 5.26 Å². The number of benzene rings is 1. The van der Waals surface area contributed by atoms with Crippen LogP contribution in [0.3, 0.4) is 0 Å². The van der Waals surface area contributed by atoms with Gasteiger partial charge in [0, 0.05) is 21.1 Å². The lowest BCUT2D eigenvalue weighted by Crippen LogP contribution is -2.26. The summed E-state index contributed by atoms with van der Waals surface area (Å²) >= 11 is 0. The third-order valence-electron chi connectivity index (χ3n) is 3.35. The number of anilines is 1. The van der Waals surface area contributed by atoms with Gasteiger partial charge in [-0.15, -0.1) is 0 Å². The molecule has 0 spiro atoms. The Morgan fingerprint density at radius 1 is 1.39 bits per heavy atom. The van der Waals surface area contributed by atoms with Gasteiger partial charge >= 0.3 is 0 Å². The van der Waals surface area contributed by atoms with Gasteiger partial charge in [-0.05, 0) is 17.7 Å². The highest BCUT2D eigenvalue weighted by Crippen LogP contribution is 2.12. The molecule has 1 heterocycles. The van der Waals surface area contributed by atoms with E-state index in [0.717, 1.165) is 11.6 Å². The number of nitriles is 1. The minimum atomic E-state index is -3.50. The summed E-state index contributed by atoms with van der Waals surface area (Å²) in [5, 5.41) is 8.86. The summed E-state index contributed by atoms with van der Waals surface area (Å²) in [5.41, 5.74) is 1.79. The molecule has 0 aliphatic rings. The number of aromatic nitrogens is 2. The summed E-state index contributed by atoms with van der Waals surface area (Å²) in [6.45, 7) is 0.164. The Bertz CT molecular complexity index is 834. The topological polar surface area (TPSA) is 91.0 Å². The molecule has 0 aliphatic heterocycles. The Hall–Kier alpha value is -2.37. The van der Waals surface area contributed by atoms with Gasteiger partial charge in [-0.2, -0.15) is 5.26 Å². The number of hydrogen-bond acceptors (Lipinski definition) is 5. The van der Waals surface area contributed by atoms with E-state index in [-0.39, 0.29) is 12.3 Å². The second kappa shape index (κ2) is 6.81. The van der Waals surface area contributed by atoms with Crippen molar-refractivity contribution in [2.45, 2.75) is 12.3 Å². The van der Waals surface area contributed by atoms with E-state index >= 15 is 0 Å². The molecule has 1 aromatic carbocycles. The second-order valence-corrected chi connectivity index (χ2v) is 7.20. The predicted octanol–water partition coefficient (Wildman–Crippen LogP) is 0.977. The molecule has 0 bridgehead atoms. The van der Waals surface area contributed by atoms with Crippen molar-refractivity contribution in [3.63, 3.8) is 0 Å². The largest absolute Gasteiger partial charge is 0.348 e. The summed E-state index contributed by atoms with van der Waals surface area (Å²) in [6, 6.07) is 8.58. The zero-order valence-electron chi connectivity index (χ0n) is 13.3. The first kappa shape index (κ1) is 17.0. The van der Waals surface area contributed by atoms with Crippen LogP contribution < -0.4 is 9.62 Å². The molecule has 1 aromatic heterocycles. The fraction of sp³-hybridized carbons (Fsp3) is 0.333. The minimum absolute atomic E-state index is 0.164. The smallest absolute Gasteiger partial charge is 0.216 e. The average molecular weight is 333 g/mol. The third kappa shape index (κ3) is 4.31. The van der Waals surface area contributed by atoms with E-state index in [2.05, 4.69) is 9.71 Å². The average Bonchev–Trinajstić information content (AvgIpc) is 2.86. The van der Waals surface area contributed by atoms with Crippen molar-refractivity contribution in [3.05, 3.63) is 47.3 Å². The summed E-state index contributed by atoms with van der Waals surface area (Å²) in [6.07, 6.45) is 1.65. The van der Waals surface area contributed by atoms with Gasteiger partial charge in [-0.25, -0.2) is 18.1 Å². The van der Waals surface area contributed by atoms with Crippen LogP contribution in [0.4, 0.5) is 5.95 Å². The third-order valence-corrected chi connectivity index (χ3v) is 4.64. The monoisotopic (exact) mass is 333 g/mol. The number of imidazole rings is 1.